The molecule has 1 aromatic heterocycles. The molecule has 2 N–H and O–H groups in total. The molecular formula is C24H23N3O3S2. The van der Waals surface area contributed by atoms with Crippen LogP contribution in [-0.4, -0.2) is 25.9 Å². The third-order valence-corrected chi connectivity index (χ3v) is 7.58. The topological polar surface area (TPSA) is 88.2 Å². The number of nitrogens with zero attached hydrogens (tertiary/aromatic N) is 1. The van der Waals surface area contributed by atoms with Crippen LogP contribution in [0.1, 0.15) is 33.4 Å². The second-order valence-corrected chi connectivity index (χ2v) is 10.3. The smallest absolute Gasteiger partial charge is 0.255 e. The summed E-state index contributed by atoms with van der Waals surface area (Å²) in [4.78, 5) is 17.5. The van der Waals surface area contributed by atoms with Gasteiger partial charge < -0.3 is 5.32 Å². The van der Waals surface area contributed by atoms with E-state index in [0.29, 0.717) is 16.8 Å². The van der Waals surface area contributed by atoms with E-state index in [0.717, 1.165) is 22.5 Å². The van der Waals surface area contributed by atoms with Crippen molar-refractivity contribution in [3.63, 3.8) is 0 Å². The van der Waals surface area contributed by atoms with E-state index in [-0.39, 0.29) is 17.3 Å². The Morgan fingerprint density at radius 1 is 1.03 bits per heavy atom. The van der Waals surface area contributed by atoms with E-state index in [2.05, 4.69) is 21.1 Å². The van der Waals surface area contributed by atoms with Gasteiger partial charge in [0.2, 0.25) is 10.0 Å². The summed E-state index contributed by atoms with van der Waals surface area (Å²) >= 11 is 1.68. The summed E-state index contributed by atoms with van der Waals surface area (Å²) < 4.78 is 28.2. The molecule has 8 heteroatoms. The van der Waals surface area contributed by atoms with Gasteiger partial charge >= 0.3 is 0 Å². The molecule has 0 aliphatic rings. The minimum Gasteiger partial charge on any atom is -0.322 e. The van der Waals surface area contributed by atoms with Crippen LogP contribution in [0.2, 0.25) is 0 Å². The minimum atomic E-state index is -3.64. The molecule has 0 atom stereocenters. The van der Waals surface area contributed by atoms with Crippen molar-refractivity contribution in [2.75, 3.05) is 11.9 Å². The second kappa shape index (κ2) is 9.20. The number of para-hydroxylation sites is 1. The van der Waals surface area contributed by atoms with E-state index in [1.54, 1.807) is 31.3 Å². The molecule has 32 heavy (non-hydrogen) atoms. The Bertz CT molecular complexity index is 1340. The Morgan fingerprint density at radius 3 is 2.50 bits per heavy atom. The summed E-state index contributed by atoms with van der Waals surface area (Å²) in [6, 6.07) is 20.2. The van der Waals surface area contributed by atoms with E-state index >= 15 is 0 Å². The van der Waals surface area contributed by atoms with Crippen molar-refractivity contribution in [1.82, 2.24) is 9.71 Å². The van der Waals surface area contributed by atoms with Crippen LogP contribution in [0.3, 0.4) is 0 Å². The van der Waals surface area contributed by atoms with Crippen LogP contribution in [0.4, 0.5) is 5.69 Å². The number of aromatic nitrogens is 1. The van der Waals surface area contributed by atoms with Gasteiger partial charge in [0.1, 0.15) is 0 Å². The maximum absolute atomic E-state index is 12.8. The number of benzene rings is 3. The highest BCUT2D eigenvalue weighted by Crippen LogP contribution is 2.24. The number of amides is 1. The fourth-order valence-electron chi connectivity index (χ4n) is 3.36. The van der Waals surface area contributed by atoms with Crippen LogP contribution < -0.4 is 10.0 Å². The van der Waals surface area contributed by atoms with Gasteiger partial charge in [0.05, 0.1) is 20.1 Å². The summed E-state index contributed by atoms with van der Waals surface area (Å²) in [6.07, 6.45) is 0.719. The fourth-order valence-corrected chi connectivity index (χ4v) is 5.43. The molecule has 0 aliphatic carbocycles. The van der Waals surface area contributed by atoms with Gasteiger partial charge in [0.15, 0.2) is 0 Å². The lowest BCUT2D eigenvalue weighted by Gasteiger charge is -2.11. The Balaban J connectivity index is 1.48. The van der Waals surface area contributed by atoms with Crippen molar-refractivity contribution < 1.29 is 13.2 Å². The normalized spacial score (nSPS) is 11.6. The van der Waals surface area contributed by atoms with E-state index in [1.807, 2.05) is 42.5 Å². The average molecular weight is 466 g/mol. The van der Waals surface area contributed by atoms with E-state index in [9.17, 15) is 13.2 Å². The number of thiazole rings is 1. The van der Waals surface area contributed by atoms with Crippen molar-refractivity contribution in [3.05, 3.63) is 88.4 Å². The largest absolute Gasteiger partial charge is 0.322 e. The number of rotatable bonds is 7. The van der Waals surface area contributed by atoms with Crippen molar-refractivity contribution >= 4 is 43.2 Å². The number of hydrogen-bond donors (Lipinski definition) is 2. The van der Waals surface area contributed by atoms with E-state index in [4.69, 9.17) is 0 Å². The summed E-state index contributed by atoms with van der Waals surface area (Å²) in [7, 11) is -3.64. The van der Waals surface area contributed by atoms with E-state index < -0.39 is 10.0 Å². The molecule has 0 spiro atoms. The first kappa shape index (κ1) is 22.1. The number of aryl methyl sites for hydroxylation is 1. The SMILES string of the molecule is CCNS(=O)(=O)c1ccc(C)c(C(=O)Nc2ccc(Cc3nc4ccccc4s3)cc2)c1. The molecule has 164 valence electrons. The van der Waals surface area contributed by atoms with Gasteiger partial charge in [-0.25, -0.2) is 18.1 Å². The van der Waals surface area contributed by atoms with Gasteiger partial charge in [-0.15, -0.1) is 11.3 Å². The number of carbonyl (C=O) groups is 1. The van der Waals surface area contributed by atoms with Crippen LogP contribution >= 0.6 is 11.3 Å². The predicted molar refractivity (Wildman–Crippen MR) is 129 cm³/mol. The lowest BCUT2D eigenvalue weighted by molar-refractivity contribution is 0.102. The zero-order valence-electron chi connectivity index (χ0n) is 17.8. The number of hydrogen-bond acceptors (Lipinski definition) is 5. The predicted octanol–water partition coefficient (Wildman–Crippen LogP) is 4.75. The third kappa shape index (κ3) is 4.88. The highest BCUT2D eigenvalue weighted by Gasteiger charge is 2.17. The zero-order valence-corrected chi connectivity index (χ0v) is 19.4. The van der Waals surface area contributed by atoms with Crippen LogP contribution in [-0.2, 0) is 16.4 Å². The number of fused-ring (bicyclic) bond motifs is 1. The first-order valence-electron chi connectivity index (χ1n) is 10.2. The van der Waals surface area contributed by atoms with Gasteiger partial charge in [-0.1, -0.05) is 37.3 Å². The standard InChI is InChI=1S/C24H23N3O3S2/c1-3-25-32(29,30)19-13-8-16(2)20(15-19)24(28)26-18-11-9-17(10-12-18)14-23-27-21-6-4-5-7-22(21)31-23/h4-13,15,25H,3,14H2,1-2H3,(H,26,28). The van der Waals surface area contributed by atoms with Crippen molar-refractivity contribution in [1.29, 1.82) is 0 Å². The van der Waals surface area contributed by atoms with Crippen molar-refractivity contribution in [2.45, 2.75) is 25.2 Å². The Labute approximate surface area is 191 Å². The average Bonchev–Trinajstić information content (AvgIpc) is 3.17. The molecule has 4 rings (SSSR count). The summed E-state index contributed by atoms with van der Waals surface area (Å²) in [5.74, 6) is -0.352. The minimum absolute atomic E-state index is 0.0706. The summed E-state index contributed by atoms with van der Waals surface area (Å²) in [5.41, 5.74) is 3.76. The third-order valence-electron chi connectivity index (χ3n) is 5.00. The lowest BCUT2D eigenvalue weighted by atomic mass is 10.1. The number of nitrogens with one attached hydrogen (secondary N) is 2. The summed E-state index contributed by atoms with van der Waals surface area (Å²) in [5, 5.41) is 3.89. The molecule has 6 nitrogen and oxygen atoms in total. The maximum atomic E-state index is 12.8. The molecule has 1 heterocycles. The summed E-state index contributed by atoms with van der Waals surface area (Å²) in [6.45, 7) is 3.76. The van der Waals surface area contributed by atoms with Gasteiger partial charge in [0.25, 0.3) is 5.91 Å². The molecule has 1 amide bonds. The van der Waals surface area contributed by atoms with Crippen molar-refractivity contribution in [3.8, 4) is 0 Å². The molecule has 0 aliphatic heterocycles. The Kier molecular flexibility index (Phi) is 6.36. The van der Waals surface area contributed by atoms with Crippen LogP contribution in [0.25, 0.3) is 10.2 Å². The monoisotopic (exact) mass is 465 g/mol. The molecule has 0 bridgehead atoms. The number of carbonyl (C=O) groups excluding carboxylic acids is 1. The molecule has 0 radical (unpaired) electrons. The van der Waals surface area contributed by atoms with Gasteiger partial charge in [-0.2, -0.15) is 0 Å². The quantitative estimate of drug-likeness (QED) is 0.412. The molecular weight excluding hydrogens is 442 g/mol. The molecule has 0 saturated carbocycles. The first-order chi connectivity index (χ1) is 15.4. The van der Waals surface area contributed by atoms with Gasteiger partial charge in [-0.3, -0.25) is 4.79 Å². The molecule has 3 aromatic carbocycles. The number of anilines is 1. The second-order valence-electron chi connectivity index (χ2n) is 7.38. The fraction of sp³-hybridized carbons (Fsp3) is 0.167. The van der Waals surface area contributed by atoms with Crippen LogP contribution in [0.5, 0.6) is 0 Å². The van der Waals surface area contributed by atoms with Gasteiger partial charge in [-0.05, 0) is 54.4 Å². The molecule has 4 aromatic rings. The molecule has 0 fully saturated rings. The Morgan fingerprint density at radius 2 is 1.78 bits per heavy atom. The number of sulfonamides is 1. The van der Waals surface area contributed by atoms with Crippen LogP contribution in [0, 0.1) is 6.92 Å². The van der Waals surface area contributed by atoms with Crippen LogP contribution in [0.15, 0.2) is 71.6 Å². The zero-order chi connectivity index (χ0) is 22.7. The van der Waals surface area contributed by atoms with Crippen molar-refractivity contribution in [2.24, 2.45) is 0 Å². The molecule has 0 unspecified atom stereocenters. The highest BCUT2D eigenvalue weighted by molar-refractivity contribution is 7.89. The Hall–Kier alpha value is -3.07. The highest BCUT2D eigenvalue weighted by atomic mass is 32.2. The maximum Gasteiger partial charge on any atom is 0.255 e. The molecule has 0 saturated heterocycles. The first-order valence-corrected chi connectivity index (χ1v) is 12.5. The van der Waals surface area contributed by atoms with E-state index in [1.165, 1.54) is 16.8 Å². The van der Waals surface area contributed by atoms with Gasteiger partial charge in [0, 0.05) is 24.2 Å². The lowest BCUT2D eigenvalue weighted by Crippen LogP contribution is -2.24.